The molecule has 5 atom stereocenters. The van der Waals surface area contributed by atoms with Gasteiger partial charge in [-0.25, -0.2) is 4.98 Å². The summed E-state index contributed by atoms with van der Waals surface area (Å²) in [5.41, 5.74) is -0.201. The normalized spacial score (nSPS) is 29.2. The molecule has 0 spiro atoms. The largest absolute Gasteiger partial charge is 0.385 e. The predicted octanol–water partition coefficient (Wildman–Crippen LogP) is 4.02. The van der Waals surface area contributed by atoms with Crippen molar-refractivity contribution < 1.29 is 14.6 Å². The summed E-state index contributed by atoms with van der Waals surface area (Å²) in [7, 11) is 0. The summed E-state index contributed by atoms with van der Waals surface area (Å²) in [6.45, 7) is 5.50. The second kappa shape index (κ2) is 7.05. The van der Waals surface area contributed by atoms with E-state index in [2.05, 4.69) is 9.97 Å². The van der Waals surface area contributed by atoms with Crippen LogP contribution in [0.1, 0.15) is 38.8 Å². The third-order valence-corrected chi connectivity index (χ3v) is 7.27. The number of H-pyrrole nitrogens is 1. The molecule has 164 valence electrons. The molecule has 2 aliphatic rings. The fourth-order valence-corrected chi connectivity index (χ4v) is 5.35. The first-order chi connectivity index (χ1) is 14.6. The van der Waals surface area contributed by atoms with Crippen LogP contribution in [0.25, 0.3) is 11.0 Å². The Morgan fingerprint density at radius 2 is 1.97 bits per heavy atom. The zero-order valence-corrected chi connectivity index (χ0v) is 18.8. The molecule has 0 radical (unpaired) electrons. The van der Waals surface area contributed by atoms with Gasteiger partial charge in [0, 0.05) is 12.1 Å². The first kappa shape index (κ1) is 21.0. The van der Waals surface area contributed by atoms with Crippen LogP contribution in [0.4, 0.5) is 0 Å². The van der Waals surface area contributed by atoms with Crippen molar-refractivity contribution in [2.24, 2.45) is 5.92 Å². The van der Waals surface area contributed by atoms with Crippen LogP contribution in [0.5, 0.6) is 0 Å². The number of hydrogen-bond donors (Lipinski definition) is 2. The molecule has 5 rings (SSSR count). The van der Waals surface area contributed by atoms with Crippen LogP contribution in [0.15, 0.2) is 41.6 Å². The Morgan fingerprint density at radius 1 is 1.23 bits per heavy atom. The number of aliphatic hydroxyl groups is 1. The Hall–Kier alpha value is -1.90. The molecule has 1 saturated carbocycles. The lowest BCUT2D eigenvalue weighted by Crippen LogP contribution is -2.39. The fraction of sp³-hybridized carbons (Fsp3) is 0.455. The number of benzene rings is 1. The molecule has 3 heterocycles. The van der Waals surface area contributed by atoms with E-state index < -0.39 is 11.4 Å². The van der Waals surface area contributed by atoms with Crippen molar-refractivity contribution in [1.82, 2.24) is 14.5 Å². The zero-order valence-electron chi connectivity index (χ0n) is 17.3. The number of aromatic nitrogens is 3. The minimum absolute atomic E-state index is 0.169. The van der Waals surface area contributed by atoms with E-state index in [1.807, 2.05) is 24.6 Å². The summed E-state index contributed by atoms with van der Waals surface area (Å²) in [6, 6.07) is 6.74. The van der Waals surface area contributed by atoms with Gasteiger partial charge in [-0.15, -0.1) is 0 Å². The number of halogens is 2. The van der Waals surface area contributed by atoms with Gasteiger partial charge in [0.2, 0.25) is 0 Å². The number of nitrogens with zero attached hydrogens (tertiary/aromatic N) is 2. The molecule has 31 heavy (non-hydrogen) atoms. The van der Waals surface area contributed by atoms with Gasteiger partial charge >= 0.3 is 0 Å². The summed E-state index contributed by atoms with van der Waals surface area (Å²) in [5, 5.41) is 13.0. The summed E-state index contributed by atoms with van der Waals surface area (Å²) in [5.74, 6) is -1.09. The van der Waals surface area contributed by atoms with Crippen LogP contribution in [0, 0.1) is 5.92 Å². The van der Waals surface area contributed by atoms with Crippen LogP contribution in [0.3, 0.4) is 0 Å². The Bertz CT molecular complexity index is 1220. The molecule has 0 unspecified atom stereocenters. The quantitative estimate of drug-likeness (QED) is 0.611. The second-order valence-electron chi connectivity index (χ2n) is 8.94. The molecule has 3 aromatic rings. The molecule has 2 aromatic heterocycles. The highest BCUT2D eigenvalue weighted by atomic mass is 35.5. The van der Waals surface area contributed by atoms with Crippen molar-refractivity contribution >= 4 is 34.2 Å². The van der Waals surface area contributed by atoms with Crippen LogP contribution in [-0.4, -0.2) is 37.6 Å². The van der Waals surface area contributed by atoms with Gasteiger partial charge in [-0.2, -0.15) is 0 Å². The van der Waals surface area contributed by atoms with Gasteiger partial charge in [0.1, 0.15) is 11.8 Å². The predicted molar refractivity (Wildman–Crippen MR) is 117 cm³/mol. The lowest BCUT2D eigenvalue weighted by Gasteiger charge is -2.34. The number of nitrogens with one attached hydrogen (secondary N) is 1. The summed E-state index contributed by atoms with van der Waals surface area (Å²) >= 11 is 12.3. The van der Waals surface area contributed by atoms with Crippen molar-refractivity contribution in [3.8, 4) is 0 Å². The summed E-state index contributed by atoms with van der Waals surface area (Å²) in [4.78, 5) is 19.2. The summed E-state index contributed by atoms with van der Waals surface area (Å²) in [6.07, 6.45) is 3.14. The molecule has 0 bridgehead atoms. The highest BCUT2D eigenvalue weighted by Gasteiger charge is 2.59. The molecule has 7 nitrogen and oxygen atoms in total. The number of aromatic amines is 1. The van der Waals surface area contributed by atoms with E-state index in [0.717, 1.165) is 0 Å². The maximum absolute atomic E-state index is 12.2. The molecule has 2 N–H and O–H groups in total. The number of ether oxygens (including phenoxy) is 2. The highest BCUT2D eigenvalue weighted by Crippen LogP contribution is 2.53. The third-order valence-electron chi connectivity index (χ3n) is 6.53. The molecule has 0 amide bonds. The second-order valence-corrected chi connectivity index (χ2v) is 9.76. The standard InChI is InChI=1S/C22H23Cl2N3O4/c1-21(2)30-17-13(22(3,29)11-4-5-14(23)15(24)8-11)9-16(18(17)31-21)27-7-6-12-19(27)25-10-26-20(12)28/h4-8,10,13,16-18,29H,9H2,1-3H3,(H,25,26,28)/t13-,16+,17+,18-,22+/m0/s1. The Morgan fingerprint density at radius 3 is 2.71 bits per heavy atom. The van der Waals surface area contributed by atoms with Crippen LogP contribution in [-0.2, 0) is 15.1 Å². The maximum atomic E-state index is 12.2. The third kappa shape index (κ3) is 3.31. The van der Waals surface area contributed by atoms with Gasteiger partial charge in [0.15, 0.2) is 5.79 Å². The summed E-state index contributed by atoms with van der Waals surface area (Å²) < 4.78 is 14.5. The van der Waals surface area contributed by atoms with Crippen molar-refractivity contribution in [3.05, 3.63) is 62.8 Å². The number of fused-ring (bicyclic) bond motifs is 2. The lowest BCUT2D eigenvalue weighted by atomic mass is 9.80. The number of hydrogen-bond acceptors (Lipinski definition) is 5. The van der Waals surface area contributed by atoms with Gasteiger partial charge in [0.25, 0.3) is 5.56 Å². The SMILES string of the molecule is CC1(C)O[C@@H]2[C@H](O1)[C@@H]([C@](C)(O)c1ccc(Cl)c(Cl)c1)C[C@H]2n1ccc2c(=O)[nH]cnc21. The minimum Gasteiger partial charge on any atom is -0.385 e. The molecule has 1 aliphatic heterocycles. The number of rotatable bonds is 3. The van der Waals surface area contributed by atoms with Crippen molar-refractivity contribution in [1.29, 1.82) is 0 Å². The molecule has 1 saturated heterocycles. The van der Waals surface area contributed by atoms with Crippen molar-refractivity contribution in [3.63, 3.8) is 0 Å². The molecule has 1 aliphatic carbocycles. The molecular formula is C22H23Cl2N3O4. The van der Waals surface area contributed by atoms with Gasteiger partial charge < -0.3 is 24.1 Å². The van der Waals surface area contributed by atoms with Gasteiger partial charge in [-0.1, -0.05) is 29.3 Å². The molecule has 2 fully saturated rings. The van der Waals surface area contributed by atoms with Crippen LogP contribution < -0.4 is 5.56 Å². The van der Waals surface area contributed by atoms with Gasteiger partial charge in [0.05, 0.1) is 39.5 Å². The highest BCUT2D eigenvalue weighted by molar-refractivity contribution is 6.42. The van der Waals surface area contributed by atoms with E-state index >= 15 is 0 Å². The smallest absolute Gasteiger partial charge is 0.260 e. The van der Waals surface area contributed by atoms with Gasteiger partial charge in [-0.05, 0) is 51.0 Å². The monoisotopic (exact) mass is 463 g/mol. The first-order valence-corrected chi connectivity index (χ1v) is 10.9. The van der Waals surface area contributed by atoms with E-state index in [1.54, 1.807) is 31.2 Å². The average molecular weight is 464 g/mol. The van der Waals surface area contributed by atoms with Crippen molar-refractivity contribution in [2.45, 2.75) is 56.8 Å². The average Bonchev–Trinajstić information content (AvgIpc) is 3.35. The Balaban J connectivity index is 1.58. The minimum atomic E-state index is -1.25. The van der Waals surface area contributed by atoms with Crippen LogP contribution in [0.2, 0.25) is 10.0 Å². The molecule has 1 aromatic carbocycles. The zero-order chi connectivity index (χ0) is 22.1. The Labute approximate surface area is 188 Å². The molecular weight excluding hydrogens is 441 g/mol. The fourth-order valence-electron chi connectivity index (χ4n) is 5.05. The van der Waals surface area contributed by atoms with E-state index in [0.29, 0.717) is 33.1 Å². The van der Waals surface area contributed by atoms with Crippen LogP contribution >= 0.6 is 23.2 Å². The lowest BCUT2D eigenvalue weighted by molar-refractivity contribution is -0.172. The molecule has 9 heteroatoms. The maximum Gasteiger partial charge on any atom is 0.260 e. The first-order valence-electron chi connectivity index (χ1n) is 10.2. The van der Waals surface area contributed by atoms with E-state index in [1.165, 1.54) is 6.33 Å². The topological polar surface area (TPSA) is 89.4 Å². The van der Waals surface area contributed by atoms with E-state index in [9.17, 15) is 9.90 Å². The van der Waals surface area contributed by atoms with Gasteiger partial charge in [-0.3, -0.25) is 4.79 Å². The van der Waals surface area contributed by atoms with Crippen molar-refractivity contribution in [2.75, 3.05) is 0 Å². The van der Waals surface area contributed by atoms with E-state index in [-0.39, 0.29) is 29.7 Å². The van der Waals surface area contributed by atoms with E-state index in [4.69, 9.17) is 32.7 Å². The Kier molecular flexibility index (Phi) is 4.77.